The van der Waals surface area contributed by atoms with E-state index < -0.39 is 17.9 Å². The van der Waals surface area contributed by atoms with Gasteiger partial charge in [0.1, 0.15) is 0 Å². The molecule has 14 heavy (non-hydrogen) atoms. The van der Waals surface area contributed by atoms with Crippen molar-refractivity contribution < 1.29 is 75.1 Å². The van der Waals surface area contributed by atoms with Gasteiger partial charge < -0.3 is 35.2 Å². The third-order valence-corrected chi connectivity index (χ3v) is 0. The van der Waals surface area contributed by atoms with Crippen LogP contribution in [-0.4, -0.2) is 23.4 Å². The van der Waals surface area contributed by atoms with Crippen molar-refractivity contribution in [3.05, 3.63) is 0 Å². The molecule has 0 saturated heterocycles. The Kier molecular flexibility index (Phi) is 47.9. The maximum absolute atomic E-state index is 8.89. The molecule has 0 aromatic rings. The van der Waals surface area contributed by atoms with Crippen LogP contribution in [0.3, 0.4) is 0 Å². The summed E-state index contributed by atoms with van der Waals surface area (Å²) >= 11 is 0. The van der Waals surface area contributed by atoms with Crippen LogP contribution in [0, 0.1) is 39.9 Å². The van der Waals surface area contributed by atoms with E-state index in [9.17, 15) is 0 Å². The number of carboxylic acid groups (broad SMARTS) is 3. The van der Waals surface area contributed by atoms with Gasteiger partial charge in [-0.3, -0.25) is 0 Å². The number of carbonyl (C=O) groups excluding carboxylic acids is 3. The minimum absolute atomic E-state index is 0. The van der Waals surface area contributed by atoms with Crippen LogP contribution in [-0.2, 0) is 14.4 Å². The molecule has 2 N–H and O–H groups in total. The first-order chi connectivity index (χ1) is 5.20. The van der Waals surface area contributed by atoms with Crippen molar-refractivity contribution in [2.75, 3.05) is 0 Å². The molecule has 0 saturated carbocycles. The van der Waals surface area contributed by atoms with Gasteiger partial charge in [0.2, 0.25) is 0 Å². The Morgan fingerprint density at radius 3 is 0.714 bits per heavy atom. The van der Waals surface area contributed by atoms with Crippen molar-refractivity contribution in [2.24, 2.45) is 0 Å². The summed E-state index contributed by atoms with van der Waals surface area (Å²) in [6.45, 7) is 2.92. The maximum Gasteiger partial charge on any atom is 3.00 e. The second kappa shape index (κ2) is 23.0. The van der Waals surface area contributed by atoms with Crippen molar-refractivity contribution in [3.8, 4) is 0 Å². The summed E-state index contributed by atoms with van der Waals surface area (Å²) in [5.74, 6) is -3.25. The van der Waals surface area contributed by atoms with E-state index in [0.29, 0.717) is 0 Å². The van der Waals surface area contributed by atoms with Crippen LogP contribution < -0.4 is 15.3 Å². The Balaban J connectivity index is -0.0000000270. The van der Waals surface area contributed by atoms with Crippen LogP contribution >= 0.6 is 0 Å². The molecule has 1 radical (unpaired) electrons. The van der Waals surface area contributed by atoms with E-state index in [1.54, 1.807) is 0 Å². The van der Waals surface area contributed by atoms with Gasteiger partial charge in [-0.15, -0.1) is 0 Å². The van der Waals surface area contributed by atoms with Gasteiger partial charge in [-0.1, -0.05) is 0 Å². The van der Waals surface area contributed by atoms with Crippen LogP contribution in [0.4, 0.5) is 0 Å². The molecular formula is C6H11GdO7. The molecule has 7 nitrogen and oxygen atoms in total. The van der Waals surface area contributed by atoms with E-state index in [1.807, 2.05) is 0 Å². The molecule has 0 heterocycles. The van der Waals surface area contributed by atoms with Crippen molar-refractivity contribution in [1.82, 2.24) is 0 Å². The second-order valence-corrected chi connectivity index (χ2v) is 1.47. The summed E-state index contributed by atoms with van der Waals surface area (Å²) in [7, 11) is 0. The molecule has 0 spiro atoms. The van der Waals surface area contributed by atoms with Crippen LogP contribution in [0.1, 0.15) is 20.8 Å². The van der Waals surface area contributed by atoms with Crippen molar-refractivity contribution in [3.63, 3.8) is 0 Å². The molecular weight excluding hydrogens is 341 g/mol. The average molecular weight is 352 g/mol. The molecule has 0 atom stereocenters. The van der Waals surface area contributed by atoms with E-state index in [-0.39, 0.29) is 45.4 Å². The Labute approximate surface area is 113 Å². The number of carboxylic acids is 3. The summed E-state index contributed by atoms with van der Waals surface area (Å²) in [6.07, 6.45) is 0. The monoisotopic (exact) mass is 353 g/mol. The molecule has 85 valence electrons. The van der Waals surface area contributed by atoms with Gasteiger partial charge in [-0.05, 0) is 20.8 Å². The number of hydrogen-bond donors (Lipinski definition) is 0. The molecule has 0 aliphatic rings. The van der Waals surface area contributed by atoms with Crippen LogP contribution in [0.2, 0.25) is 0 Å². The zero-order chi connectivity index (χ0) is 10.7. The molecule has 8 heteroatoms. The average Bonchev–Trinajstić information content (AvgIpc) is 1.54. The quantitative estimate of drug-likeness (QED) is 0.428. The van der Waals surface area contributed by atoms with Gasteiger partial charge in [0, 0.05) is 17.9 Å². The van der Waals surface area contributed by atoms with E-state index in [4.69, 9.17) is 29.7 Å². The molecule has 0 rings (SSSR count). The minimum Gasteiger partial charge on any atom is -0.550 e. The summed E-state index contributed by atoms with van der Waals surface area (Å²) in [4.78, 5) is 26.7. The van der Waals surface area contributed by atoms with E-state index in [0.717, 1.165) is 20.8 Å². The fourth-order valence-corrected chi connectivity index (χ4v) is 0. The van der Waals surface area contributed by atoms with Crippen LogP contribution in [0.15, 0.2) is 0 Å². The van der Waals surface area contributed by atoms with E-state index in [2.05, 4.69) is 0 Å². The molecule has 0 aromatic heterocycles. The van der Waals surface area contributed by atoms with E-state index >= 15 is 0 Å². The third-order valence-electron chi connectivity index (χ3n) is 0. The summed E-state index contributed by atoms with van der Waals surface area (Å²) in [5, 5.41) is 26.7. The van der Waals surface area contributed by atoms with E-state index in [1.165, 1.54) is 0 Å². The van der Waals surface area contributed by atoms with Crippen molar-refractivity contribution in [2.45, 2.75) is 20.8 Å². The summed E-state index contributed by atoms with van der Waals surface area (Å²) < 4.78 is 0. The number of carbonyl (C=O) groups is 3. The Bertz CT molecular complexity index is 116. The molecule has 0 aromatic carbocycles. The number of hydrogen-bond acceptors (Lipinski definition) is 6. The van der Waals surface area contributed by atoms with Gasteiger partial charge in [-0.2, -0.15) is 0 Å². The van der Waals surface area contributed by atoms with Gasteiger partial charge in [0.15, 0.2) is 0 Å². The van der Waals surface area contributed by atoms with Crippen LogP contribution in [0.25, 0.3) is 0 Å². The third kappa shape index (κ3) is 14300. The second-order valence-electron chi connectivity index (χ2n) is 1.47. The minimum atomic E-state index is -1.08. The first-order valence-electron chi connectivity index (χ1n) is 2.72. The first kappa shape index (κ1) is 29.2. The van der Waals surface area contributed by atoms with Gasteiger partial charge in [0.05, 0.1) is 0 Å². The molecule has 0 fully saturated rings. The Morgan fingerprint density at radius 1 is 0.714 bits per heavy atom. The summed E-state index contributed by atoms with van der Waals surface area (Å²) in [5.41, 5.74) is 0. The maximum atomic E-state index is 8.89. The largest absolute Gasteiger partial charge is 3.00 e. The van der Waals surface area contributed by atoms with Crippen LogP contribution in [0.5, 0.6) is 0 Å². The van der Waals surface area contributed by atoms with Crippen molar-refractivity contribution >= 4 is 17.9 Å². The van der Waals surface area contributed by atoms with Gasteiger partial charge >= 0.3 is 39.9 Å². The normalized spacial score (nSPS) is 5.36. The Hall–Kier alpha value is -0.305. The molecule has 0 amide bonds. The first-order valence-corrected chi connectivity index (χ1v) is 2.72. The zero-order valence-corrected chi connectivity index (χ0v) is 10.1. The number of aliphatic carboxylic acids is 3. The fourth-order valence-electron chi connectivity index (χ4n) is 0. The molecule has 0 aliphatic heterocycles. The summed E-state index contributed by atoms with van der Waals surface area (Å²) in [6, 6.07) is 0. The Morgan fingerprint density at radius 2 is 0.714 bits per heavy atom. The predicted octanol–water partition coefficient (Wildman–Crippen LogP) is -4.56. The fraction of sp³-hybridized carbons (Fsp3) is 0.500. The number of rotatable bonds is 0. The van der Waals surface area contributed by atoms with Crippen molar-refractivity contribution in [1.29, 1.82) is 0 Å². The smallest absolute Gasteiger partial charge is 0.550 e. The standard InChI is InChI=1S/3C2H4O2.Gd.H2O/c3*1-2(3)4;;/h3*1H3,(H,3,4);;1H2/q;;;+3;/p-3. The predicted molar refractivity (Wildman–Crippen MR) is 35.7 cm³/mol. The topological polar surface area (TPSA) is 152 Å². The van der Waals surface area contributed by atoms with Gasteiger partial charge in [0.25, 0.3) is 0 Å². The molecule has 0 bridgehead atoms. The zero-order valence-electron chi connectivity index (χ0n) is 7.80. The van der Waals surface area contributed by atoms with Gasteiger partial charge in [-0.25, -0.2) is 0 Å². The molecule has 0 unspecified atom stereocenters. The SMILES string of the molecule is CC(=O)[O-].CC(=O)[O-].CC(=O)[O-].O.[Gd+3]. The molecule has 0 aliphatic carbocycles.